The highest BCUT2D eigenvalue weighted by Gasteiger charge is 2.25. The molecule has 0 amide bonds. The van der Waals surface area contributed by atoms with Crippen LogP contribution < -0.4 is 9.84 Å². The number of anilines is 2. The average molecular weight is 477 g/mol. The summed E-state index contributed by atoms with van der Waals surface area (Å²) in [4.78, 5) is 1.25. The first-order chi connectivity index (χ1) is 14.8. The average Bonchev–Trinajstić information content (AvgIpc) is 3.18. The lowest BCUT2D eigenvalue weighted by atomic mass is 9.91. The lowest BCUT2D eigenvalue weighted by molar-refractivity contribution is 0.669. The summed E-state index contributed by atoms with van der Waals surface area (Å²) in [7, 11) is 0. The van der Waals surface area contributed by atoms with E-state index in [-0.39, 0.29) is 0 Å². The molecule has 5 rings (SSSR count). The summed E-state index contributed by atoms with van der Waals surface area (Å²) in [6, 6.07) is 24.2. The number of unbranched alkanes of at least 4 members (excludes halogenated alkanes) is 3. The molecule has 4 aromatic rings. The smallest absolute Gasteiger partial charge is 0.0861 e. The van der Waals surface area contributed by atoms with E-state index in [9.17, 15) is 0 Å². The molecule has 1 heterocycles. The van der Waals surface area contributed by atoms with Crippen molar-refractivity contribution in [2.45, 2.75) is 43.9 Å². The Balaban J connectivity index is 1.66. The van der Waals surface area contributed by atoms with Gasteiger partial charge in [-0.25, -0.2) is 4.41 Å². The summed E-state index contributed by atoms with van der Waals surface area (Å²) < 4.78 is 3.33. The zero-order chi connectivity index (χ0) is 20.5. The Hall–Kier alpha value is -2.17. The Kier molecular flexibility index (Phi) is 5.62. The summed E-state index contributed by atoms with van der Waals surface area (Å²) >= 11 is 5.36. The second-order valence-corrected chi connectivity index (χ2v) is 9.77. The first-order valence-electron chi connectivity index (χ1n) is 10.7. The molecule has 0 unspecified atom stereocenters. The van der Waals surface area contributed by atoms with Crippen LogP contribution in [0.4, 0.5) is 11.4 Å². The highest BCUT2D eigenvalue weighted by molar-refractivity contribution is 9.10. The van der Waals surface area contributed by atoms with Crippen molar-refractivity contribution < 1.29 is 0 Å². The minimum Gasteiger partial charge on any atom is -0.287 e. The fourth-order valence-electron chi connectivity index (χ4n) is 4.41. The number of fused-ring (bicyclic) bond motifs is 3. The molecule has 0 fully saturated rings. The van der Waals surface area contributed by atoms with Crippen molar-refractivity contribution >= 4 is 60.8 Å². The first-order valence-corrected chi connectivity index (χ1v) is 12.3. The Bertz CT molecular complexity index is 1160. The normalized spacial score (nSPS) is 13.1. The van der Waals surface area contributed by atoms with Gasteiger partial charge in [0.25, 0.3) is 0 Å². The molecule has 0 aliphatic carbocycles. The van der Waals surface area contributed by atoms with Crippen LogP contribution >= 0.6 is 27.9 Å². The van der Waals surface area contributed by atoms with Gasteiger partial charge in [-0.1, -0.05) is 90.6 Å². The van der Waals surface area contributed by atoms with Crippen molar-refractivity contribution in [3.8, 4) is 0 Å². The highest BCUT2D eigenvalue weighted by Crippen LogP contribution is 2.47. The van der Waals surface area contributed by atoms with E-state index in [1.165, 1.54) is 63.4 Å². The lowest BCUT2D eigenvalue weighted by Gasteiger charge is -2.23. The van der Waals surface area contributed by atoms with Gasteiger partial charge in [0.2, 0.25) is 0 Å². The van der Waals surface area contributed by atoms with Crippen molar-refractivity contribution in [2.24, 2.45) is 0 Å². The number of hydrogen-bond acceptors (Lipinski definition) is 3. The molecule has 0 spiro atoms. The third kappa shape index (κ3) is 3.57. The van der Waals surface area contributed by atoms with Gasteiger partial charge in [-0.2, -0.15) is 0 Å². The van der Waals surface area contributed by atoms with Crippen LogP contribution in [0, 0.1) is 0 Å². The lowest BCUT2D eigenvalue weighted by Crippen LogP contribution is -2.17. The number of nitrogens with one attached hydrogen (secondary N) is 1. The van der Waals surface area contributed by atoms with E-state index in [1.54, 1.807) is 11.9 Å². The molecular weight excluding hydrogens is 452 g/mol. The van der Waals surface area contributed by atoms with Crippen molar-refractivity contribution in [1.82, 2.24) is 0 Å². The molecule has 0 radical (unpaired) electrons. The predicted molar refractivity (Wildman–Crippen MR) is 135 cm³/mol. The zero-order valence-corrected chi connectivity index (χ0v) is 19.5. The maximum atomic E-state index is 3.62. The van der Waals surface area contributed by atoms with Crippen LogP contribution in [-0.2, 0) is 6.42 Å². The SMILES string of the molecule is CCCCCCc1c2ccccc2c(N2Nc3cc(Br)ccc3S2)c2ccccc12. The van der Waals surface area contributed by atoms with E-state index in [2.05, 4.69) is 99.4 Å². The fourth-order valence-corrected chi connectivity index (χ4v) is 5.74. The van der Waals surface area contributed by atoms with Crippen molar-refractivity contribution in [2.75, 3.05) is 9.84 Å². The van der Waals surface area contributed by atoms with Gasteiger partial charge in [-0.05, 0) is 47.4 Å². The van der Waals surface area contributed by atoms with Gasteiger partial charge >= 0.3 is 0 Å². The molecule has 4 aromatic carbocycles. The van der Waals surface area contributed by atoms with Crippen LogP contribution in [0.15, 0.2) is 76.1 Å². The zero-order valence-electron chi connectivity index (χ0n) is 17.1. The number of benzene rings is 4. The highest BCUT2D eigenvalue weighted by atomic mass is 79.9. The Morgan fingerprint density at radius 3 is 2.17 bits per heavy atom. The Morgan fingerprint density at radius 2 is 1.50 bits per heavy atom. The summed E-state index contributed by atoms with van der Waals surface area (Å²) in [6.07, 6.45) is 6.27. The van der Waals surface area contributed by atoms with E-state index in [0.29, 0.717) is 0 Å². The molecule has 2 nitrogen and oxygen atoms in total. The minimum absolute atomic E-state index is 1.09. The molecule has 1 N–H and O–H groups in total. The summed E-state index contributed by atoms with van der Waals surface area (Å²) in [5.74, 6) is 0. The topological polar surface area (TPSA) is 15.3 Å². The van der Waals surface area contributed by atoms with Gasteiger partial charge in [-0.3, -0.25) is 5.43 Å². The monoisotopic (exact) mass is 476 g/mol. The molecule has 0 saturated carbocycles. The van der Waals surface area contributed by atoms with Crippen molar-refractivity contribution in [1.29, 1.82) is 0 Å². The molecule has 30 heavy (non-hydrogen) atoms. The van der Waals surface area contributed by atoms with Crippen LogP contribution in [-0.4, -0.2) is 0 Å². The molecule has 1 aliphatic rings. The number of halogens is 1. The number of rotatable bonds is 6. The molecule has 0 atom stereocenters. The van der Waals surface area contributed by atoms with Crippen LogP contribution in [0.25, 0.3) is 21.5 Å². The molecule has 0 bridgehead atoms. The molecule has 0 saturated heterocycles. The standard InChI is InChI=1S/C26H25BrN2S/c1-2-3-4-5-10-19-20-11-6-8-13-22(20)26(23-14-9-7-12-21(19)23)29-28-24-17-18(27)15-16-25(24)30-29/h6-9,11-17,28H,2-5,10H2,1H3. The number of nitrogens with zero attached hydrogens (tertiary/aromatic N) is 1. The third-order valence-corrected chi connectivity index (χ3v) is 7.35. The van der Waals surface area contributed by atoms with Crippen molar-refractivity contribution in [3.63, 3.8) is 0 Å². The number of hydrogen-bond donors (Lipinski definition) is 1. The summed E-state index contributed by atoms with van der Waals surface area (Å²) in [5, 5.41) is 5.38. The Morgan fingerprint density at radius 1 is 0.833 bits per heavy atom. The van der Waals surface area contributed by atoms with Crippen LogP contribution in [0.3, 0.4) is 0 Å². The van der Waals surface area contributed by atoms with E-state index in [4.69, 9.17) is 0 Å². The van der Waals surface area contributed by atoms with Gasteiger partial charge in [0, 0.05) is 27.2 Å². The predicted octanol–water partition coefficient (Wildman–Crippen LogP) is 8.73. The molecule has 1 aliphatic heterocycles. The van der Waals surface area contributed by atoms with Crippen LogP contribution in [0.2, 0.25) is 0 Å². The summed E-state index contributed by atoms with van der Waals surface area (Å²) in [5.41, 5.74) is 7.50. The quantitative estimate of drug-likeness (QED) is 0.170. The second kappa shape index (κ2) is 8.52. The van der Waals surface area contributed by atoms with E-state index in [1.807, 2.05) is 0 Å². The van der Waals surface area contributed by atoms with Crippen molar-refractivity contribution in [3.05, 3.63) is 76.8 Å². The van der Waals surface area contributed by atoms with E-state index < -0.39 is 0 Å². The molecule has 4 heteroatoms. The molecule has 0 aromatic heterocycles. The maximum absolute atomic E-state index is 3.62. The van der Waals surface area contributed by atoms with E-state index in [0.717, 1.165) is 16.6 Å². The maximum Gasteiger partial charge on any atom is 0.0861 e. The summed E-state index contributed by atoms with van der Waals surface area (Å²) in [6.45, 7) is 2.27. The molecule has 152 valence electrons. The van der Waals surface area contributed by atoms with Gasteiger partial charge in [0.05, 0.1) is 16.3 Å². The van der Waals surface area contributed by atoms with Crippen LogP contribution in [0.5, 0.6) is 0 Å². The second-order valence-electron chi connectivity index (χ2n) is 7.87. The fraction of sp³-hybridized carbons (Fsp3) is 0.231. The largest absolute Gasteiger partial charge is 0.287 e. The molecular formula is C26H25BrN2S. The van der Waals surface area contributed by atoms with Crippen LogP contribution in [0.1, 0.15) is 38.2 Å². The third-order valence-electron chi connectivity index (χ3n) is 5.85. The number of aryl methyl sites for hydroxylation is 1. The van der Waals surface area contributed by atoms with E-state index >= 15 is 0 Å². The Labute approximate surface area is 190 Å². The number of hydrazine groups is 1. The van der Waals surface area contributed by atoms with Gasteiger partial charge in [-0.15, -0.1) is 0 Å². The first kappa shape index (κ1) is 19.8. The van der Waals surface area contributed by atoms with Gasteiger partial charge in [0.15, 0.2) is 0 Å². The van der Waals surface area contributed by atoms with Gasteiger partial charge < -0.3 is 0 Å². The minimum atomic E-state index is 1.09. The van der Waals surface area contributed by atoms with Gasteiger partial charge in [0.1, 0.15) is 0 Å².